The van der Waals surface area contributed by atoms with Gasteiger partial charge in [0.1, 0.15) is 5.76 Å². The van der Waals surface area contributed by atoms with Crippen LogP contribution < -0.4 is 5.32 Å². The van der Waals surface area contributed by atoms with Crippen LogP contribution in [0.5, 0.6) is 0 Å². The van der Waals surface area contributed by atoms with Gasteiger partial charge in [-0.1, -0.05) is 5.16 Å². The highest BCUT2D eigenvalue weighted by Crippen LogP contribution is 2.23. The van der Waals surface area contributed by atoms with E-state index in [-0.39, 0.29) is 6.04 Å². The van der Waals surface area contributed by atoms with E-state index >= 15 is 0 Å². The van der Waals surface area contributed by atoms with Crippen LogP contribution in [0.3, 0.4) is 0 Å². The number of nitrogens with zero attached hydrogens (tertiary/aromatic N) is 3. The summed E-state index contributed by atoms with van der Waals surface area (Å²) in [5.41, 5.74) is 1.79. The second-order valence-electron chi connectivity index (χ2n) is 3.83. The standard InChI is InChI=1S/C11H13FN4O/c1-6(10-7(2)16-17-8(10)3)15-11-13-4-9(12)5-14-11/h4-6H,1-3H3,(H,13,14,15). The van der Waals surface area contributed by atoms with E-state index in [1.807, 2.05) is 20.8 Å². The lowest BCUT2D eigenvalue weighted by atomic mass is 10.1. The number of aromatic nitrogens is 3. The largest absolute Gasteiger partial charge is 0.361 e. The first-order valence-electron chi connectivity index (χ1n) is 5.24. The highest BCUT2D eigenvalue weighted by Gasteiger charge is 2.16. The zero-order valence-corrected chi connectivity index (χ0v) is 9.86. The van der Waals surface area contributed by atoms with Gasteiger partial charge in [-0.3, -0.25) is 0 Å². The molecule has 2 heterocycles. The van der Waals surface area contributed by atoms with Crippen molar-refractivity contribution in [2.45, 2.75) is 26.8 Å². The molecule has 90 valence electrons. The van der Waals surface area contributed by atoms with Crippen LogP contribution in [0.1, 0.15) is 30.0 Å². The van der Waals surface area contributed by atoms with Gasteiger partial charge in [-0.25, -0.2) is 14.4 Å². The molecule has 1 atom stereocenters. The molecular weight excluding hydrogens is 223 g/mol. The maximum Gasteiger partial charge on any atom is 0.223 e. The third kappa shape index (κ3) is 2.41. The molecule has 17 heavy (non-hydrogen) atoms. The fraction of sp³-hybridized carbons (Fsp3) is 0.364. The molecule has 6 heteroatoms. The van der Waals surface area contributed by atoms with Gasteiger partial charge in [0.2, 0.25) is 5.95 Å². The van der Waals surface area contributed by atoms with Crippen LogP contribution in [0, 0.1) is 19.7 Å². The Kier molecular flexibility index (Phi) is 3.03. The third-order valence-electron chi connectivity index (χ3n) is 2.49. The SMILES string of the molecule is Cc1noc(C)c1C(C)Nc1ncc(F)cn1. The van der Waals surface area contributed by atoms with Crippen LogP contribution in [0.25, 0.3) is 0 Å². The van der Waals surface area contributed by atoms with Crippen molar-refractivity contribution in [2.75, 3.05) is 5.32 Å². The topological polar surface area (TPSA) is 63.8 Å². The monoisotopic (exact) mass is 236 g/mol. The second kappa shape index (κ2) is 4.48. The van der Waals surface area contributed by atoms with E-state index in [0.29, 0.717) is 5.95 Å². The first-order valence-corrected chi connectivity index (χ1v) is 5.24. The molecule has 0 aliphatic carbocycles. The number of hydrogen-bond acceptors (Lipinski definition) is 5. The van der Waals surface area contributed by atoms with Gasteiger partial charge in [-0.15, -0.1) is 0 Å². The molecule has 0 radical (unpaired) electrons. The molecule has 5 nitrogen and oxygen atoms in total. The zero-order valence-electron chi connectivity index (χ0n) is 9.86. The summed E-state index contributed by atoms with van der Waals surface area (Å²) in [7, 11) is 0. The molecule has 0 aromatic carbocycles. The molecular formula is C11H13FN4O. The lowest BCUT2D eigenvalue weighted by Crippen LogP contribution is -2.10. The lowest BCUT2D eigenvalue weighted by molar-refractivity contribution is 0.392. The average molecular weight is 236 g/mol. The minimum absolute atomic E-state index is 0.0493. The molecule has 1 unspecified atom stereocenters. The number of aryl methyl sites for hydroxylation is 2. The number of hydrogen-bond donors (Lipinski definition) is 1. The summed E-state index contributed by atoms with van der Waals surface area (Å²) >= 11 is 0. The molecule has 0 bridgehead atoms. The van der Waals surface area contributed by atoms with Crippen LogP contribution in [0.4, 0.5) is 10.3 Å². The summed E-state index contributed by atoms with van der Waals surface area (Å²) in [6.07, 6.45) is 2.24. The van der Waals surface area contributed by atoms with Gasteiger partial charge in [0.05, 0.1) is 24.1 Å². The summed E-state index contributed by atoms with van der Waals surface area (Å²) in [6, 6.07) is -0.0493. The molecule has 2 aromatic heterocycles. The highest BCUT2D eigenvalue weighted by molar-refractivity contribution is 5.33. The Morgan fingerprint density at radius 3 is 2.47 bits per heavy atom. The fourth-order valence-electron chi connectivity index (χ4n) is 1.76. The Balaban J connectivity index is 2.17. The molecule has 0 saturated carbocycles. The quantitative estimate of drug-likeness (QED) is 0.886. The molecule has 0 aliphatic heterocycles. The van der Waals surface area contributed by atoms with Crippen molar-refractivity contribution in [1.29, 1.82) is 0 Å². The Morgan fingerprint density at radius 2 is 1.94 bits per heavy atom. The summed E-state index contributed by atoms with van der Waals surface area (Å²) in [4.78, 5) is 7.68. The lowest BCUT2D eigenvalue weighted by Gasteiger charge is -2.13. The smallest absolute Gasteiger partial charge is 0.223 e. The minimum Gasteiger partial charge on any atom is -0.361 e. The summed E-state index contributed by atoms with van der Waals surface area (Å²) in [5, 5.41) is 6.94. The van der Waals surface area contributed by atoms with Crippen LogP contribution in [-0.2, 0) is 0 Å². The van der Waals surface area contributed by atoms with Gasteiger partial charge in [0, 0.05) is 5.56 Å². The second-order valence-corrected chi connectivity index (χ2v) is 3.83. The van der Waals surface area contributed by atoms with Crippen LogP contribution in [0.2, 0.25) is 0 Å². The van der Waals surface area contributed by atoms with Crippen molar-refractivity contribution in [3.05, 3.63) is 35.2 Å². The van der Waals surface area contributed by atoms with Crippen molar-refractivity contribution in [2.24, 2.45) is 0 Å². The Hall–Kier alpha value is -1.98. The molecule has 0 spiro atoms. The number of rotatable bonds is 3. The van der Waals surface area contributed by atoms with Crippen molar-refractivity contribution in [3.8, 4) is 0 Å². The molecule has 0 aliphatic rings. The first-order chi connectivity index (χ1) is 8.08. The van der Waals surface area contributed by atoms with E-state index in [9.17, 15) is 4.39 Å². The third-order valence-corrected chi connectivity index (χ3v) is 2.49. The first kappa shape index (κ1) is 11.5. The van der Waals surface area contributed by atoms with Gasteiger partial charge in [0.25, 0.3) is 0 Å². The number of nitrogens with one attached hydrogen (secondary N) is 1. The van der Waals surface area contributed by atoms with E-state index in [1.165, 1.54) is 0 Å². The van der Waals surface area contributed by atoms with E-state index in [1.54, 1.807) is 0 Å². The summed E-state index contributed by atoms with van der Waals surface area (Å²) in [6.45, 7) is 5.66. The van der Waals surface area contributed by atoms with Gasteiger partial charge >= 0.3 is 0 Å². The van der Waals surface area contributed by atoms with Crippen LogP contribution in [0.15, 0.2) is 16.9 Å². The van der Waals surface area contributed by atoms with Crippen molar-refractivity contribution in [3.63, 3.8) is 0 Å². The van der Waals surface area contributed by atoms with E-state index < -0.39 is 5.82 Å². The molecule has 1 N–H and O–H groups in total. The minimum atomic E-state index is -0.458. The van der Waals surface area contributed by atoms with Gasteiger partial charge in [-0.05, 0) is 20.8 Å². The number of halogens is 1. The molecule has 0 saturated heterocycles. The predicted molar refractivity (Wildman–Crippen MR) is 60.0 cm³/mol. The van der Waals surface area contributed by atoms with Crippen molar-refractivity contribution in [1.82, 2.24) is 15.1 Å². The molecule has 0 fully saturated rings. The summed E-state index contributed by atoms with van der Waals surface area (Å²) in [5.74, 6) is 0.670. The van der Waals surface area contributed by atoms with Crippen LogP contribution >= 0.6 is 0 Å². The normalized spacial score (nSPS) is 12.5. The highest BCUT2D eigenvalue weighted by atomic mass is 19.1. The average Bonchev–Trinajstić information content (AvgIpc) is 2.62. The van der Waals surface area contributed by atoms with Gasteiger partial charge in [0.15, 0.2) is 5.82 Å². The Morgan fingerprint density at radius 1 is 1.29 bits per heavy atom. The van der Waals surface area contributed by atoms with Crippen molar-refractivity contribution < 1.29 is 8.91 Å². The summed E-state index contributed by atoms with van der Waals surface area (Å²) < 4.78 is 17.7. The predicted octanol–water partition coefficient (Wildman–Crippen LogP) is 2.39. The Bertz CT molecular complexity index is 489. The Labute approximate surface area is 98.1 Å². The maximum atomic E-state index is 12.6. The van der Waals surface area contributed by atoms with Crippen molar-refractivity contribution >= 4 is 5.95 Å². The molecule has 0 amide bonds. The number of anilines is 1. The van der Waals surface area contributed by atoms with E-state index in [4.69, 9.17) is 4.52 Å². The maximum absolute atomic E-state index is 12.6. The molecule has 2 rings (SSSR count). The van der Waals surface area contributed by atoms with Crippen LogP contribution in [-0.4, -0.2) is 15.1 Å². The zero-order chi connectivity index (χ0) is 12.4. The van der Waals surface area contributed by atoms with Gasteiger partial charge in [-0.2, -0.15) is 0 Å². The molecule has 2 aromatic rings. The van der Waals surface area contributed by atoms with E-state index in [0.717, 1.165) is 29.4 Å². The van der Waals surface area contributed by atoms with Gasteiger partial charge < -0.3 is 9.84 Å². The fourth-order valence-corrected chi connectivity index (χ4v) is 1.76. The van der Waals surface area contributed by atoms with E-state index in [2.05, 4.69) is 20.4 Å².